The van der Waals surface area contributed by atoms with Crippen molar-refractivity contribution in [3.63, 3.8) is 0 Å². The van der Waals surface area contributed by atoms with E-state index in [0.717, 1.165) is 0 Å². The van der Waals surface area contributed by atoms with E-state index in [0.29, 0.717) is 18.8 Å². The second kappa shape index (κ2) is 6.79. The third-order valence-electron chi connectivity index (χ3n) is 2.29. The summed E-state index contributed by atoms with van der Waals surface area (Å²) >= 11 is 5.90. The van der Waals surface area contributed by atoms with Crippen molar-refractivity contribution < 1.29 is 9.72 Å². The Balaban J connectivity index is 2.46. The number of amides is 2. The Morgan fingerprint density at radius 1 is 1.42 bits per heavy atom. The first kappa shape index (κ1) is 15.0. The number of nitro benzene ring substituents is 1. The molecule has 0 aliphatic rings. The maximum Gasteiger partial charge on any atom is 0.316 e. The molecule has 1 rings (SSSR count). The zero-order valence-electron chi connectivity index (χ0n) is 10.6. The fraction of sp³-hybridized carbons (Fsp3) is 0.364. The molecule has 0 bridgehead atoms. The van der Waals surface area contributed by atoms with Gasteiger partial charge in [-0.05, 0) is 6.07 Å². The summed E-state index contributed by atoms with van der Waals surface area (Å²) in [5, 5.41) is 16.5. The van der Waals surface area contributed by atoms with Crippen molar-refractivity contribution in [1.29, 1.82) is 0 Å². The number of anilines is 1. The van der Waals surface area contributed by atoms with Crippen LogP contribution in [0.15, 0.2) is 18.2 Å². The molecule has 0 saturated heterocycles. The van der Waals surface area contributed by atoms with E-state index in [-0.39, 0.29) is 16.7 Å². The predicted octanol–water partition coefficient (Wildman–Crippen LogP) is 1.93. The molecule has 0 aliphatic heterocycles. The minimum absolute atomic E-state index is 0.0588. The Labute approximate surface area is 115 Å². The predicted molar refractivity (Wildman–Crippen MR) is 73.7 cm³/mol. The summed E-state index contributed by atoms with van der Waals surface area (Å²) in [5.41, 5.74) is 0.530. The van der Waals surface area contributed by atoms with E-state index in [2.05, 4.69) is 10.6 Å². The monoisotopic (exact) mass is 286 g/mol. The highest BCUT2D eigenvalue weighted by molar-refractivity contribution is 6.33. The number of nitrogens with one attached hydrogen (secondary N) is 2. The molecular weight excluding hydrogens is 272 g/mol. The molecule has 8 heteroatoms. The number of carbonyl (C=O) groups is 1. The second-order valence-corrected chi connectivity index (χ2v) is 4.38. The van der Waals surface area contributed by atoms with Gasteiger partial charge in [0.15, 0.2) is 0 Å². The van der Waals surface area contributed by atoms with Crippen molar-refractivity contribution >= 4 is 29.0 Å². The summed E-state index contributed by atoms with van der Waals surface area (Å²) < 4.78 is 0. The van der Waals surface area contributed by atoms with Gasteiger partial charge in [-0.3, -0.25) is 10.1 Å². The van der Waals surface area contributed by atoms with E-state index < -0.39 is 4.92 Å². The Hall–Kier alpha value is -2.02. The highest BCUT2D eigenvalue weighted by atomic mass is 35.5. The Morgan fingerprint density at radius 3 is 2.63 bits per heavy atom. The van der Waals surface area contributed by atoms with Gasteiger partial charge in [-0.15, -0.1) is 0 Å². The van der Waals surface area contributed by atoms with Crippen LogP contribution in [0.5, 0.6) is 0 Å². The number of carbonyl (C=O) groups excluding carboxylic acids is 1. The SMILES string of the molecule is CN(C)C(=O)NCCNc1ccc([N+](=O)[O-])cc1Cl. The molecular formula is C11H15ClN4O3. The van der Waals surface area contributed by atoms with Gasteiger partial charge in [0.25, 0.3) is 5.69 Å². The summed E-state index contributed by atoms with van der Waals surface area (Å²) in [6.07, 6.45) is 0. The van der Waals surface area contributed by atoms with Crippen LogP contribution in [0.1, 0.15) is 0 Å². The normalized spacial score (nSPS) is 9.84. The lowest BCUT2D eigenvalue weighted by Crippen LogP contribution is -2.37. The number of hydrogen-bond donors (Lipinski definition) is 2. The topological polar surface area (TPSA) is 87.5 Å². The number of non-ortho nitro benzene ring substituents is 1. The molecule has 19 heavy (non-hydrogen) atoms. The van der Waals surface area contributed by atoms with Crippen LogP contribution < -0.4 is 10.6 Å². The fourth-order valence-corrected chi connectivity index (χ4v) is 1.53. The summed E-state index contributed by atoms with van der Waals surface area (Å²) in [6.45, 7) is 0.890. The summed E-state index contributed by atoms with van der Waals surface area (Å²) in [4.78, 5) is 22.7. The van der Waals surface area contributed by atoms with Crippen molar-refractivity contribution in [3.8, 4) is 0 Å². The van der Waals surface area contributed by atoms with Gasteiger partial charge in [-0.25, -0.2) is 4.79 Å². The number of nitrogens with zero attached hydrogens (tertiary/aromatic N) is 2. The number of rotatable bonds is 5. The first-order chi connectivity index (χ1) is 8.91. The van der Waals surface area contributed by atoms with Gasteiger partial charge < -0.3 is 15.5 Å². The van der Waals surface area contributed by atoms with Gasteiger partial charge in [0.2, 0.25) is 0 Å². The fourth-order valence-electron chi connectivity index (χ4n) is 1.29. The van der Waals surface area contributed by atoms with Crippen LogP contribution in [0, 0.1) is 10.1 Å². The molecule has 0 radical (unpaired) electrons. The number of nitro groups is 1. The van der Waals surface area contributed by atoms with Crippen molar-refractivity contribution in [1.82, 2.24) is 10.2 Å². The second-order valence-electron chi connectivity index (χ2n) is 3.97. The molecule has 0 aromatic heterocycles. The van der Waals surface area contributed by atoms with Crippen LogP contribution in [-0.4, -0.2) is 43.0 Å². The van der Waals surface area contributed by atoms with E-state index in [4.69, 9.17) is 11.6 Å². The first-order valence-corrected chi connectivity index (χ1v) is 5.92. The number of hydrogen-bond acceptors (Lipinski definition) is 4. The standard InChI is InChI=1S/C11H15ClN4O3/c1-15(2)11(17)14-6-5-13-10-4-3-8(16(18)19)7-9(10)12/h3-4,7,13H,5-6H2,1-2H3,(H,14,17). The van der Waals surface area contributed by atoms with Gasteiger partial charge in [0, 0.05) is 39.3 Å². The Bertz CT molecular complexity index is 479. The first-order valence-electron chi connectivity index (χ1n) is 5.55. The molecule has 1 aromatic carbocycles. The van der Waals surface area contributed by atoms with Gasteiger partial charge in [-0.1, -0.05) is 11.6 Å². The molecule has 7 nitrogen and oxygen atoms in total. The lowest BCUT2D eigenvalue weighted by molar-refractivity contribution is -0.384. The maximum absolute atomic E-state index is 11.2. The van der Waals surface area contributed by atoms with E-state index in [9.17, 15) is 14.9 Å². The third kappa shape index (κ3) is 4.63. The van der Waals surface area contributed by atoms with Crippen LogP contribution in [0.2, 0.25) is 5.02 Å². The number of urea groups is 1. The molecule has 0 unspecified atom stereocenters. The molecule has 0 fully saturated rings. The minimum Gasteiger partial charge on any atom is -0.382 e. The molecule has 0 saturated carbocycles. The van der Waals surface area contributed by atoms with Crippen LogP contribution >= 0.6 is 11.6 Å². The molecule has 2 amide bonds. The van der Waals surface area contributed by atoms with Crippen molar-refractivity contribution in [2.45, 2.75) is 0 Å². The van der Waals surface area contributed by atoms with E-state index in [1.54, 1.807) is 14.1 Å². The lowest BCUT2D eigenvalue weighted by Gasteiger charge is -2.13. The van der Waals surface area contributed by atoms with Crippen molar-refractivity contribution in [2.75, 3.05) is 32.5 Å². The van der Waals surface area contributed by atoms with Crippen LogP contribution in [0.4, 0.5) is 16.2 Å². The molecule has 0 aliphatic carbocycles. The smallest absolute Gasteiger partial charge is 0.316 e. The molecule has 1 aromatic rings. The van der Waals surface area contributed by atoms with E-state index in [1.807, 2.05) is 0 Å². The third-order valence-corrected chi connectivity index (χ3v) is 2.60. The number of benzene rings is 1. The van der Waals surface area contributed by atoms with Gasteiger partial charge in [0.1, 0.15) is 0 Å². The maximum atomic E-state index is 11.2. The largest absolute Gasteiger partial charge is 0.382 e. The Kier molecular flexibility index (Phi) is 5.37. The van der Waals surface area contributed by atoms with Gasteiger partial charge in [-0.2, -0.15) is 0 Å². The Morgan fingerprint density at radius 2 is 2.11 bits per heavy atom. The van der Waals surface area contributed by atoms with Crippen LogP contribution in [0.3, 0.4) is 0 Å². The average Bonchev–Trinajstić information content (AvgIpc) is 2.35. The summed E-state index contributed by atoms with van der Waals surface area (Å²) in [6, 6.07) is 4.00. The highest BCUT2D eigenvalue weighted by Gasteiger charge is 2.09. The van der Waals surface area contributed by atoms with Crippen molar-refractivity contribution in [3.05, 3.63) is 33.3 Å². The average molecular weight is 287 g/mol. The van der Waals surface area contributed by atoms with E-state index in [1.165, 1.54) is 23.1 Å². The zero-order chi connectivity index (χ0) is 14.4. The highest BCUT2D eigenvalue weighted by Crippen LogP contribution is 2.26. The lowest BCUT2D eigenvalue weighted by atomic mass is 10.3. The zero-order valence-corrected chi connectivity index (χ0v) is 11.4. The quantitative estimate of drug-likeness (QED) is 0.492. The molecule has 2 N–H and O–H groups in total. The summed E-state index contributed by atoms with van der Waals surface area (Å²) in [5.74, 6) is 0. The van der Waals surface area contributed by atoms with Gasteiger partial charge >= 0.3 is 6.03 Å². The van der Waals surface area contributed by atoms with Crippen molar-refractivity contribution in [2.24, 2.45) is 0 Å². The molecule has 0 heterocycles. The van der Waals surface area contributed by atoms with Gasteiger partial charge in [0.05, 0.1) is 15.6 Å². The minimum atomic E-state index is -0.507. The van der Waals surface area contributed by atoms with Crippen LogP contribution in [-0.2, 0) is 0 Å². The molecule has 0 atom stereocenters. The number of halogens is 1. The van der Waals surface area contributed by atoms with Crippen LogP contribution in [0.25, 0.3) is 0 Å². The van der Waals surface area contributed by atoms with E-state index >= 15 is 0 Å². The molecule has 0 spiro atoms. The molecule has 104 valence electrons. The summed E-state index contributed by atoms with van der Waals surface area (Å²) in [7, 11) is 3.30.